The van der Waals surface area contributed by atoms with E-state index >= 15 is 0 Å². The van der Waals surface area contributed by atoms with E-state index in [1.54, 1.807) is 45.4 Å². The molecule has 124 valence electrons. The number of amides is 1. The Morgan fingerprint density at radius 1 is 1.36 bits per heavy atom. The first kappa shape index (κ1) is 19.0. The van der Waals surface area contributed by atoms with Crippen molar-refractivity contribution in [1.82, 2.24) is 14.9 Å². The van der Waals surface area contributed by atoms with E-state index in [0.29, 0.717) is 19.1 Å². The Hall–Kier alpha value is -1.00. The van der Waals surface area contributed by atoms with Crippen LogP contribution in [0.3, 0.4) is 0 Å². The van der Waals surface area contributed by atoms with Crippen molar-refractivity contribution in [2.24, 2.45) is 5.92 Å². The summed E-state index contributed by atoms with van der Waals surface area (Å²) in [4.78, 5) is 23.7. The highest BCUT2D eigenvalue weighted by molar-refractivity contribution is 14.1. The number of ether oxygens (including phenoxy) is 1. The molecule has 0 saturated carbocycles. The van der Waals surface area contributed by atoms with Gasteiger partial charge >= 0.3 is 0 Å². The first-order valence-electron chi connectivity index (χ1n) is 6.95. The van der Waals surface area contributed by atoms with E-state index in [0.717, 1.165) is 3.57 Å². The fraction of sp³-hybridized carbons (Fsp3) is 0.643. The summed E-state index contributed by atoms with van der Waals surface area (Å²) >= 11 is 2.13. The molecule has 0 fully saturated rings. The van der Waals surface area contributed by atoms with Crippen molar-refractivity contribution in [3.05, 3.63) is 16.0 Å². The summed E-state index contributed by atoms with van der Waals surface area (Å²) in [5.41, 5.74) is 0. The third kappa shape index (κ3) is 6.01. The molecular formula is C14H23IN4O3. The monoisotopic (exact) mass is 422 g/mol. The Bertz CT molecular complexity index is 472. The van der Waals surface area contributed by atoms with Gasteiger partial charge in [0.2, 0.25) is 11.9 Å². The zero-order chi connectivity index (χ0) is 16.7. The van der Waals surface area contributed by atoms with Gasteiger partial charge in [-0.1, -0.05) is 6.92 Å². The fourth-order valence-corrected chi connectivity index (χ4v) is 2.34. The smallest absolute Gasteiger partial charge is 0.227 e. The number of carbonyl (C=O) groups is 1. The highest BCUT2D eigenvalue weighted by atomic mass is 127. The number of hydrogen-bond donors (Lipinski definition) is 1. The summed E-state index contributed by atoms with van der Waals surface area (Å²) in [7, 11) is 5.05. The van der Waals surface area contributed by atoms with Crippen LogP contribution in [0.1, 0.15) is 6.92 Å². The average Bonchev–Trinajstić information content (AvgIpc) is 2.46. The Morgan fingerprint density at radius 3 is 2.50 bits per heavy atom. The van der Waals surface area contributed by atoms with Crippen LogP contribution in [0.5, 0.6) is 0 Å². The number of likely N-dealkylation sites (N-methyl/N-ethyl adjacent to an activating group) is 2. The highest BCUT2D eigenvalue weighted by Crippen LogP contribution is 2.08. The molecule has 8 heteroatoms. The molecule has 2 atom stereocenters. The lowest BCUT2D eigenvalue weighted by Gasteiger charge is -2.26. The zero-order valence-corrected chi connectivity index (χ0v) is 15.5. The summed E-state index contributed by atoms with van der Waals surface area (Å²) in [6.07, 6.45) is 2.75. The topological polar surface area (TPSA) is 78.8 Å². The number of halogens is 1. The second kappa shape index (κ2) is 9.21. The molecule has 1 aromatic heterocycles. The van der Waals surface area contributed by atoms with E-state index in [1.807, 2.05) is 0 Å². The molecule has 1 amide bonds. The molecule has 0 aliphatic heterocycles. The molecule has 0 saturated heterocycles. The normalized spacial score (nSPS) is 13.5. The van der Waals surface area contributed by atoms with Crippen LogP contribution in [0, 0.1) is 9.49 Å². The number of aromatic nitrogens is 2. The van der Waals surface area contributed by atoms with E-state index < -0.39 is 6.10 Å². The Kier molecular flexibility index (Phi) is 7.97. The zero-order valence-electron chi connectivity index (χ0n) is 13.4. The minimum absolute atomic E-state index is 0.0472. The second-order valence-corrected chi connectivity index (χ2v) is 6.56. The predicted octanol–water partition coefficient (Wildman–Crippen LogP) is 0.619. The van der Waals surface area contributed by atoms with Crippen molar-refractivity contribution < 1.29 is 14.6 Å². The molecule has 1 heterocycles. The van der Waals surface area contributed by atoms with Gasteiger partial charge in [0.15, 0.2) is 0 Å². The number of carbonyl (C=O) groups excluding carboxylic acids is 1. The Morgan fingerprint density at radius 2 is 1.95 bits per heavy atom. The van der Waals surface area contributed by atoms with E-state index in [1.165, 1.54) is 4.90 Å². The van der Waals surface area contributed by atoms with Crippen LogP contribution in [-0.4, -0.2) is 72.9 Å². The summed E-state index contributed by atoms with van der Waals surface area (Å²) in [5, 5.41) is 10.1. The molecule has 0 radical (unpaired) electrons. The summed E-state index contributed by atoms with van der Waals surface area (Å²) in [6.45, 7) is 2.77. The van der Waals surface area contributed by atoms with Gasteiger partial charge < -0.3 is 19.6 Å². The molecule has 0 aromatic carbocycles. The van der Waals surface area contributed by atoms with Crippen molar-refractivity contribution in [1.29, 1.82) is 0 Å². The van der Waals surface area contributed by atoms with E-state index in [2.05, 4.69) is 32.6 Å². The molecule has 0 aliphatic rings. The van der Waals surface area contributed by atoms with Crippen LogP contribution in [0.15, 0.2) is 12.4 Å². The van der Waals surface area contributed by atoms with E-state index in [-0.39, 0.29) is 18.4 Å². The number of aliphatic hydroxyl groups excluding tert-OH is 1. The van der Waals surface area contributed by atoms with E-state index in [9.17, 15) is 9.90 Å². The van der Waals surface area contributed by atoms with Crippen LogP contribution in [0.4, 0.5) is 5.95 Å². The molecule has 1 rings (SSSR count). The van der Waals surface area contributed by atoms with Gasteiger partial charge in [-0.25, -0.2) is 9.97 Å². The molecule has 7 nitrogen and oxygen atoms in total. The van der Waals surface area contributed by atoms with Crippen LogP contribution < -0.4 is 4.90 Å². The van der Waals surface area contributed by atoms with Gasteiger partial charge in [-0.15, -0.1) is 0 Å². The SMILES string of the molecule is COCC(C)C(=O)N(C)CC(O)CN(C)c1ncc(I)cn1. The molecule has 1 aromatic rings. The molecule has 0 bridgehead atoms. The van der Waals surface area contributed by atoms with Crippen molar-refractivity contribution >= 4 is 34.4 Å². The maximum Gasteiger partial charge on any atom is 0.227 e. The minimum atomic E-state index is -0.684. The number of methoxy groups -OCH3 is 1. The van der Waals surface area contributed by atoms with Crippen molar-refractivity contribution in [3.8, 4) is 0 Å². The van der Waals surface area contributed by atoms with Gasteiger partial charge in [0, 0.05) is 50.3 Å². The quantitative estimate of drug-likeness (QED) is 0.619. The van der Waals surface area contributed by atoms with Crippen LogP contribution in [0.2, 0.25) is 0 Å². The van der Waals surface area contributed by atoms with E-state index in [4.69, 9.17) is 4.74 Å². The molecule has 0 spiro atoms. The van der Waals surface area contributed by atoms with Gasteiger partial charge in [-0.3, -0.25) is 4.79 Å². The second-order valence-electron chi connectivity index (χ2n) is 5.31. The summed E-state index contributed by atoms with van der Waals surface area (Å²) in [6, 6.07) is 0. The van der Waals surface area contributed by atoms with Crippen LogP contribution in [0.25, 0.3) is 0 Å². The van der Waals surface area contributed by atoms with Crippen molar-refractivity contribution in [3.63, 3.8) is 0 Å². The van der Waals surface area contributed by atoms with Gasteiger partial charge in [-0.05, 0) is 22.6 Å². The summed E-state index contributed by atoms with van der Waals surface area (Å²) < 4.78 is 5.93. The molecular weight excluding hydrogens is 399 g/mol. The van der Waals surface area contributed by atoms with Crippen molar-refractivity contribution in [2.75, 3.05) is 45.8 Å². The molecule has 22 heavy (non-hydrogen) atoms. The highest BCUT2D eigenvalue weighted by Gasteiger charge is 2.20. The third-order valence-electron chi connectivity index (χ3n) is 3.13. The maximum atomic E-state index is 12.1. The first-order chi connectivity index (χ1) is 10.3. The molecule has 2 unspecified atom stereocenters. The maximum absolute atomic E-state index is 12.1. The molecule has 0 aliphatic carbocycles. The Labute approximate surface area is 144 Å². The van der Waals surface area contributed by atoms with Crippen LogP contribution in [-0.2, 0) is 9.53 Å². The number of rotatable bonds is 8. The number of anilines is 1. The Balaban J connectivity index is 2.49. The van der Waals surface area contributed by atoms with Crippen LogP contribution >= 0.6 is 22.6 Å². The largest absolute Gasteiger partial charge is 0.389 e. The lowest BCUT2D eigenvalue weighted by atomic mass is 10.1. The van der Waals surface area contributed by atoms with Gasteiger partial charge in [-0.2, -0.15) is 0 Å². The fourth-order valence-electron chi connectivity index (χ4n) is 2.06. The number of nitrogens with zero attached hydrogens (tertiary/aromatic N) is 4. The van der Waals surface area contributed by atoms with Gasteiger partial charge in [0.25, 0.3) is 0 Å². The minimum Gasteiger partial charge on any atom is -0.389 e. The van der Waals surface area contributed by atoms with Gasteiger partial charge in [0.1, 0.15) is 0 Å². The third-order valence-corrected chi connectivity index (χ3v) is 3.69. The lowest BCUT2D eigenvalue weighted by molar-refractivity contribution is -0.136. The average molecular weight is 422 g/mol. The van der Waals surface area contributed by atoms with Crippen molar-refractivity contribution in [2.45, 2.75) is 13.0 Å². The number of hydrogen-bond acceptors (Lipinski definition) is 6. The molecule has 1 N–H and O–H groups in total. The lowest BCUT2D eigenvalue weighted by Crippen LogP contribution is -2.42. The predicted molar refractivity (Wildman–Crippen MR) is 92.7 cm³/mol. The first-order valence-corrected chi connectivity index (χ1v) is 8.03. The summed E-state index contributed by atoms with van der Waals surface area (Å²) in [5.74, 6) is 0.273. The number of aliphatic hydroxyl groups is 1. The standard InChI is InChI=1S/C14H23IN4O3/c1-10(9-22-4)13(21)18(2)7-12(20)8-19(3)14-16-5-11(15)6-17-14/h5-6,10,12,20H,7-9H2,1-4H3. The van der Waals surface area contributed by atoms with Gasteiger partial charge in [0.05, 0.1) is 18.6 Å².